The number of piperidine rings is 1. The summed E-state index contributed by atoms with van der Waals surface area (Å²) in [5.41, 5.74) is 0. The third kappa shape index (κ3) is 7.44. The monoisotopic (exact) mass is 531 g/mol. The summed E-state index contributed by atoms with van der Waals surface area (Å²) in [6.45, 7) is 12.9. The number of halogens is 1. The zero-order valence-electron chi connectivity index (χ0n) is 18.5. The number of hydrogen-bond donors (Lipinski definition) is 1. The topological polar surface area (TPSA) is 64.3 Å². The summed E-state index contributed by atoms with van der Waals surface area (Å²) in [6, 6.07) is 3.48. The molecule has 30 heavy (non-hydrogen) atoms. The van der Waals surface area contributed by atoms with Gasteiger partial charge in [-0.1, -0.05) is 6.92 Å². The molecule has 2 fully saturated rings. The summed E-state index contributed by atoms with van der Waals surface area (Å²) in [7, 11) is 0. The predicted octanol–water partition coefficient (Wildman–Crippen LogP) is 3.13. The minimum atomic E-state index is -0.0244. The van der Waals surface area contributed by atoms with Crippen molar-refractivity contribution in [2.45, 2.75) is 39.5 Å². The van der Waals surface area contributed by atoms with Gasteiger partial charge < -0.3 is 24.4 Å². The zero-order chi connectivity index (χ0) is 20.5. The van der Waals surface area contributed by atoms with Crippen molar-refractivity contribution < 1.29 is 9.21 Å². The SMILES string of the molecule is CCNC(=NCCCCN1CCCC(C)C1)N1CCN(C(=O)c2ccco2)CC1.I. The number of guanidine groups is 1. The summed E-state index contributed by atoms with van der Waals surface area (Å²) in [5.74, 6) is 2.22. The first-order valence-electron chi connectivity index (χ1n) is 11.3. The average Bonchev–Trinajstić information content (AvgIpc) is 3.27. The fourth-order valence-corrected chi connectivity index (χ4v) is 4.23. The van der Waals surface area contributed by atoms with Gasteiger partial charge in [-0.05, 0) is 63.7 Å². The van der Waals surface area contributed by atoms with E-state index in [1.807, 2.05) is 4.90 Å². The Bertz CT molecular complexity index is 644. The fourth-order valence-electron chi connectivity index (χ4n) is 4.23. The lowest BCUT2D eigenvalue weighted by Crippen LogP contribution is -2.53. The molecule has 0 spiro atoms. The van der Waals surface area contributed by atoms with Gasteiger partial charge in [-0.25, -0.2) is 0 Å². The Morgan fingerprint density at radius 2 is 1.97 bits per heavy atom. The van der Waals surface area contributed by atoms with E-state index in [2.05, 4.69) is 29.0 Å². The number of nitrogens with one attached hydrogen (secondary N) is 1. The Labute approximate surface area is 198 Å². The lowest BCUT2D eigenvalue weighted by Gasteiger charge is -2.36. The van der Waals surface area contributed by atoms with E-state index in [0.29, 0.717) is 18.8 Å². The van der Waals surface area contributed by atoms with Gasteiger partial charge in [0.15, 0.2) is 11.7 Å². The van der Waals surface area contributed by atoms with Crippen LogP contribution in [0.3, 0.4) is 0 Å². The van der Waals surface area contributed by atoms with Crippen LogP contribution in [0.1, 0.15) is 50.1 Å². The van der Waals surface area contributed by atoms with Gasteiger partial charge in [-0.3, -0.25) is 9.79 Å². The molecule has 7 nitrogen and oxygen atoms in total. The largest absolute Gasteiger partial charge is 0.459 e. The van der Waals surface area contributed by atoms with E-state index in [1.54, 1.807) is 18.4 Å². The van der Waals surface area contributed by atoms with Crippen LogP contribution in [0.5, 0.6) is 0 Å². The fraction of sp³-hybridized carbons (Fsp3) is 0.727. The van der Waals surface area contributed by atoms with Gasteiger partial charge in [0.1, 0.15) is 0 Å². The smallest absolute Gasteiger partial charge is 0.289 e. The number of unbranched alkanes of at least 4 members (excludes halogenated alkanes) is 1. The van der Waals surface area contributed by atoms with Gasteiger partial charge in [0.2, 0.25) is 0 Å². The average molecular weight is 531 g/mol. The number of aliphatic imine (C=N–C) groups is 1. The first-order valence-corrected chi connectivity index (χ1v) is 11.3. The Hall–Kier alpha value is -1.29. The number of furan rings is 1. The summed E-state index contributed by atoms with van der Waals surface area (Å²) in [6.07, 6.45) is 6.61. The Morgan fingerprint density at radius 3 is 2.63 bits per heavy atom. The quantitative estimate of drug-likeness (QED) is 0.254. The van der Waals surface area contributed by atoms with Crippen LogP contribution in [0, 0.1) is 5.92 Å². The second-order valence-electron chi connectivity index (χ2n) is 8.25. The number of amides is 1. The molecule has 0 aromatic carbocycles. The van der Waals surface area contributed by atoms with Crippen molar-refractivity contribution in [2.75, 3.05) is 58.9 Å². The number of likely N-dealkylation sites (tertiary alicyclic amines) is 1. The first kappa shape index (κ1) is 25.0. The second kappa shape index (κ2) is 13.2. The minimum Gasteiger partial charge on any atom is -0.459 e. The standard InChI is InChI=1S/C22H37N5O2.HI/c1-3-23-22(24-10-4-5-11-25-12-6-8-19(2)18-25)27-15-13-26(14-16-27)21(28)20-9-7-17-29-20;/h7,9,17,19H,3-6,8,10-16,18H2,1-2H3,(H,23,24);1H. The number of rotatable bonds is 7. The minimum absolute atomic E-state index is 0. The molecule has 2 aliphatic heterocycles. The normalized spacial score (nSPS) is 20.7. The van der Waals surface area contributed by atoms with Gasteiger partial charge in [0, 0.05) is 45.8 Å². The third-order valence-electron chi connectivity index (χ3n) is 5.82. The van der Waals surface area contributed by atoms with Crippen LogP contribution >= 0.6 is 24.0 Å². The molecular formula is C22H38IN5O2. The van der Waals surface area contributed by atoms with Crippen molar-refractivity contribution in [2.24, 2.45) is 10.9 Å². The molecule has 1 aromatic rings. The molecular weight excluding hydrogens is 493 g/mol. The number of carbonyl (C=O) groups excluding carboxylic acids is 1. The van der Waals surface area contributed by atoms with Crippen molar-refractivity contribution in [3.8, 4) is 0 Å². The van der Waals surface area contributed by atoms with Gasteiger partial charge in [0.25, 0.3) is 5.91 Å². The second-order valence-corrected chi connectivity index (χ2v) is 8.25. The molecule has 3 rings (SSSR count). The molecule has 170 valence electrons. The van der Waals surface area contributed by atoms with Crippen LogP contribution in [0.4, 0.5) is 0 Å². The molecule has 3 heterocycles. The van der Waals surface area contributed by atoms with E-state index in [0.717, 1.165) is 44.5 Å². The summed E-state index contributed by atoms with van der Waals surface area (Å²) in [4.78, 5) is 24.0. The maximum Gasteiger partial charge on any atom is 0.289 e. The molecule has 1 unspecified atom stereocenters. The predicted molar refractivity (Wildman–Crippen MR) is 132 cm³/mol. The highest BCUT2D eigenvalue weighted by atomic mass is 127. The third-order valence-corrected chi connectivity index (χ3v) is 5.82. The highest BCUT2D eigenvalue weighted by molar-refractivity contribution is 14.0. The molecule has 2 saturated heterocycles. The molecule has 8 heteroatoms. The molecule has 0 bridgehead atoms. The van der Waals surface area contributed by atoms with Crippen molar-refractivity contribution in [3.63, 3.8) is 0 Å². The Morgan fingerprint density at radius 1 is 1.20 bits per heavy atom. The molecule has 0 saturated carbocycles. The van der Waals surface area contributed by atoms with Gasteiger partial charge >= 0.3 is 0 Å². The highest BCUT2D eigenvalue weighted by Gasteiger charge is 2.25. The number of piperazine rings is 1. The molecule has 0 radical (unpaired) electrons. The number of carbonyl (C=O) groups is 1. The molecule has 1 aromatic heterocycles. The van der Waals surface area contributed by atoms with Crippen LogP contribution in [0.2, 0.25) is 0 Å². The Kier molecular flexibility index (Phi) is 11.0. The van der Waals surface area contributed by atoms with Gasteiger partial charge in [-0.2, -0.15) is 0 Å². The molecule has 1 N–H and O–H groups in total. The lowest BCUT2D eigenvalue weighted by molar-refractivity contribution is 0.0657. The van der Waals surface area contributed by atoms with Crippen LogP contribution in [0.15, 0.2) is 27.8 Å². The summed E-state index contributed by atoms with van der Waals surface area (Å²) in [5, 5.41) is 3.41. The van der Waals surface area contributed by atoms with Gasteiger partial charge in [-0.15, -0.1) is 24.0 Å². The van der Waals surface area contributed by atoms with Gasteiger partial charge in [0.05, 0.1) is 6.26 Å². The van der Waals surface area contributed by atoms with Crippen molar-refractivity contribution >= 4 is 35.8 Å². The maximum absolute atomic E-state index is 12.4. The van der Waals surface area contributed by atoms with E-state index in [-0.39, 0.29) is 29.9 Å². The van der Waals surface area contributed by atoms with Crippen LogP contribution in [-0.2, 0) is 0 Å². The number of nitrogens with zero attached hydrogens (tertiary/aromatic N) is 4. The maximum atomic E-state index is 12.4. The van der Waals surface area contributed by atoms with E-state index in [4.69, 9.17) is 9.41 Å². The van der Waals surface area contributed by atoms with Crippen molar-refractivity contribution in [1.82, 2.24) is 20.0 Å². The van der Waals surface area contributed by atoms with E-state index in [1.165, 1.54) is 38.9 Å². The molecule has 1 amide bonds. The molecule has 2 aliphatic rings. The van der Waals surface area contributed by atoms with Crippen LogP contribution < -0.4 is 5.32 Å². The van der Waals surface area contributed by atoms with Crippen molar-refractivity contribution in [1.29, 1.82) is 0 Å². The Balaban J connectivity index is 0.00000320. The van der Waals surface area contributed by atoms with E-state index >= 15 is 0 Å². The summed E-state index contributed by atoms with van der Waals surface area (Å²) < 4.78 is 5.24. The first-order chi connectivity index (χ1) is 14.2. The van der Waals surface area contributed by atoms with E-state index in [9.17, 15) is 4.79 Å². The highest BCUT2D eigenvalue weighted by Crippen LogP contribution is 2.15. The van der Waals surface area contributed by atoms with Crippen LogP contribution in [0.25, 0.3) is 0 Å². The van der Waals surface area contributed by atoms with Crippen LogP contribution in [-0.4, -0.2) is 85.5 Å². The zero-order valence-corrected chi connectivity index (χ0v) is 20.8. The number of hydrogen-bond acceptors (Lipinski definition) is 4. The lowest BCUT2D eigenvalue weighted by atomic mass is 10.0. The summed E-state index contributed by atoms with van der Waals surface area (Å²) >= 11 is 0. The molecule has 1 atom stereocenters. The molecule has 0 aliphatic carbocycles. The van der Waals surface area contributed by atoms with Crippen molar-refractivity contribution in [3.05, 3.63) is 24.2 Å². The van der Waals surface area contributed by atoms with E-state index < -0.39 is 0 Å².